The number of carbonyl (C=O) groups excluding carboxylic acids is 1. The van der Waals surface area contributed by atoms with Gasteiger partial charge < -0.3 is 5.32 Å². The molecule has 2 atom stereocenters. The van der Waals surface area contributed by atoms with Crippen LogP contribution in [-0.2, 0) is 17.8 Å². The maximum Gasteiger partial charge on any atom is 0.223 e. The molecule has 0 aromatic heterocycles. The second-order valence-electron chi connectivity index (χ2n) is 5.81. The summed E-state index contributed by atoms with van der Waals surface area (Å²) in [6, 6.07) is 8.52. The minimum atomic E-state index is 0.266. The molecule has 1 N–H and O–H groups in total. The number of fused-ring (bicyclic) bond motifs is 1. The van der Waals surface area contributed by atoms with Gasteiger partial charge in [-0.25, -0.2) is 0 Å². The Morgan fingerprint density at radius 1 is 1.11 bits per heavy atom. The first-order valence-corrected chi connectivity index (χ1v) is 7.11. The second-order valence-corrected chi connectivity index (χ2v) is 5.81. The highest BCUT2D eigenvalue weighted by Gasteiger charge is 2.47. The molecule has 2 saturated carbocycles. The normalized spacial score (nSPS) is 28.8. The van der Waals surface area contributed by atoms with Crippen molar-refractivity contribution in [2.45, 2.75) is 39.2 Å². The minimum absolute atomic E-state index is 0.266. The van der Waals surface area contributed by atoms with E-state index < -0.39 is 0 Å². The van der Waals surface area contributed by atoms with Gasteiger partial charge in [-0.15, -0.1) is 0 Å². The van der Waals surface area contributed by atoms with Gasteiger partial charge in [-0.1, -0.05) is 31.2 Å². The van der Waals surface area contributed by atoms with Crippen LogP contribution in [0.1, 0.15) is 37.3 Å². The van der Waals surface area contributed by atoms with Crippen LogP contribution in [-0.4, -0.2) is 5.91 Å². The molecule has 1 aromatic rings. The van der Waals surface area contributed by atoms with Gasteiger partial charge in [-0.3, -0.25) is 4.79 Å². The molecule has 3 rings (SSSR count). The summed E-state index contributed by atoms with van der Waals surface area (Å²) in [7, 11) is 0. The average Bonchev–Trinajstić information content (AvgIpc) is 3.03. The molecular weight excluding hydrogens is 222 g/mol. The highest BCUT2D eigenvalue weighted by Crippen LogP contribution is 2.54. The molecule has 2 fully saturated rings. The molecule has 1 amide bonds. The second kappa shape index (κ2) is 4.75. The fourth-order valence-electron chi connectivity index (χ4n) is 3.16. The zero-order valence-corrected chi connectivity index (χ0v) is 11.0. The Kier molecular flexibility index (Phi) is 3.11. The number of rotatable bonds is 4. The van der Waals surface area contributed by atoms with Crippen molar-refractivity contribution in [3.63, 3.8) is 0 Å². The van der Waals surface area contributed by atoms with Gasteiger partial charge >= 0.3 is 0 Å². The lowest BCUT2D eigenvalue weighted by atomic mass is 10.0. The van der Waals surface area contributed by atoms with E-state index in [-0.39, 0.29) is 5.91 Å². The van der Waals surface area contributed by atoms with Crippen LogP contribution < -0.4 is 5.32 Å². The van der Waals surface area contributed by atoms with Crippen molar-refractivity contribution in [1.82, 2.24) is 5.32 Å². The monoisotopic (exact) mass is 243 g/mol. The number of carbonyl (C=O) groups is 1. The first-order valence-electron chi connectivity index (χ1n) is 7.11. The van der Waals surface area contributed by atoms with Gasteiger partial charge in [-0.05, 0) is 48.6 Å². The third kappa shape index (κ3) is 2.43. The lowest BCUT2D eigenvalue weighted by Crippen LogP contribution is -2.29. The van der Waals surface area contributed by atoms with E-state index in [2.05, 4.69) is 36.5 Å². The Morgan fingerprint density at radius 3 is 2.33 bits per heavy atom. The molecule has 0 spiro atoms. The molecule has 2 unspecified atom stereocenters. The van der Waals surface area contributed by atoms with Gasteiger partial charge in [0.05, 0.1) is 0 Å². The summed E-state index contributed by atoms with van der Waals surface area (Å²) in [5.41, 5.74) is 2.55. The molecule has 1 aromatic carbocycles. The van der Waals surface area contributed by atoms with Gasteiger partial charge in [0.1, 0.15) is 0 Å². The lowest BCUT2D eigenvalue weighted by Gasteiger charge is -2.12. The number of nitrogens with one attached hydrogen (secondary N) is 1. The Bertz CT molecular complexity index is 427. The standard InChI is InChI=1S/C16H21NO/c1-2-11-3-5-12(6-4-11)10-17-16(18)15-8-13-7-14(13)9-15/h3-6,13-15H,2,7-10H2,1H3,(H,17,18). The molecular formula is C16H21NO. The molecule has 0 heterocycles. The van der Waals surface area contributed by atoms with Gasteiger partial charge in [-0.2, -0.15) is 0 Å². The lowest BCUT2D eigenvalue weighted by molar-refractivity contribution is -0.125. The van der Waals surface area contributed by atoms with Gasteiger partial charge in [0.2, 0.25) is 5.91 Å². The maximum absolute atomic E-state index is 12.0. The third-order valence-corrected chi connectivity index (χ3v) is 4.51. The van der Waals surface area contributed by atoms with Crippen molar-refractivity contribution in [3.05, 3.63) is 35.4 Å². The summed E-state index contributed by atoms with van der Waals surface area (Å²) < 4.78 is 0. The molecule has 96 valence electrons. The maximum atomic E-state index is 12.0. The van der Waals surface area contributed by atoms with Crippen LogP contribution in [0.4, 0.5) is 0 Å². The van der Waals surface area contributed by atoms with Crippen molar-refractivity contribution >= 4 is 5.91 Å². The molecule has 0 saturated heterocycles. The van der Waals surface area contributed by atoms with Crippen LogP contribution in [0.3, 0.4) is 0 Å². The van der Waals surface area contributed by atoms with Gasteiger partial charge in [0.15, 0.2) is 0 Å². The summed E-state index contributed by atoms with van der Waals surface area (Å²) in [5.74, 6) is 2.32. The highest BCUT2D eigenvalue weighted by atomic mass is 16.1. The van der Waals surface area contributed by atoms with Crippen LogP contribution in [0.25, 0.3) is 0 Å². The molecule has 2 nitrogen and oxygen atoms in total. The fourth-order valence-corrected chi connectivity index (χ4v) is 3.16. The largest absolute Gasteiger partial charge is 0.352 e. The van der Waals surface area contributed by atoms with Crippen LogP contribution in [0.2, 0.25) is 0 Å². The minimum Gasteiger partial charge on any atom is -0.352 e. The molecule has 2 heteroatoms. The highest BCUT2D eigenvalue weighted by molar-refractivity contribution is 5.79. The van der Waals surface area contributed by atoms with Crippen LogP contribution >= 0.6 is 0 Å². The van der Waals surface area contributed by atoms with E-state index in [0.717, 1.165) is 31.1 Å². The van der Waals surface area contributed by atoms with Gasteiger partial charge in [0, 0.05) is 12.5 Å². The first kappa shape index (κ1) is 11.8. The zero-order chi connectivity index (χ0) is 12.5. The van der Waals surface area contributed by atoms with Crippen LogP contribution in [0.15, 0.2) is 24.3 Å². The summed E-state index contributed by atoms with van der Waals surface area (Å²) in [6.07, 6.45) is 4.70. The molecule has 2 aliphatic rings. The Morgan fingerprint density at radius 2 is 1.72 bits per heavy atom. The number of aryl methyl sites for hydroxylation is 1. The summed E-state index contributed by atoms with van der Waals surface area (Å²) in [4.78, 5) is 12.0. The molecule has 18 heavy (non-hydrogen) atoms. The van der Waals surface area contributed by atoms with E-state index in [1.807, 2.05) is 0 Å². The smallest absolute Gasteiger partial charge is 0.223 e. The summed E-state index contributed by atoms with van der Waals surface area (Å²) in [6.45, 7) is 2.83. The molecule has 0 aliphatic heterocycles. The Hall–Kier alpha value is -1.31. The summed E-state index contributed by atoms with van der Waals surface area (Å²) in [5, 5.41) is 3.08. The number of amides is 1. The van der Waals surface area contributed by atoms with Crippen molar-refractivity contribution < 1.29 is 4.79 Å². The molecule has 2 aliphatic carbocycles. The first-order chi connectivity index (χ1) is 8.76. The predicted octanol–water partition coefficient (Wildman–Crippen LogP) is 2.91. The molecule has 0 bridgehead atoms. The Balaban J connectivity index is 1.49. The SMILES string of the molecule is CCc1ccc(CNC(=O)C2CC3CC3C2)cc1. The van der Waals surface area contributed by atoms with Gasteiger partial charge in [0.25, 0.3) is 0 Å². The van der Waals surface area contributed by atoms with Crippen LogP contribution in [0.5, 0.6) is 0 Å². The van der Waals surface area contributed by atoms with Crippen LogP contribution in [0, 0.1) is 17.8 Å². The summed E-state index contributed by atoms with van der Waals surface area (Å²) >= 11 is 0. The zero-order valence-electron chi connectivity index (χ0n) is 11.0. The molecule has 0 radical (unpaired) electrons. The Labute approximate surface area is 109 Å². The third-order valence-electron chi connectivity index (χ3n) is 4.51. The quantitative estimate of drug-likeness (QED) is 0.865. The fraction of sp³-hybridized carbons (Fsp3) is 0.562. The van der Waals surface area contributed by atoms with E-state index in [0.29, 0.717) is 12.5 Å². The van der Waals surface area contributed by atoms with E-state index in [9.17, 15) is 4.79 Å². The van der Waals surface area contributed by atoms with E-state index in [4.69, 9.17) is 0 Å². The van der Waals surface area contributed by atoms with Crippen molar-refractivity contribution in [2.24, 2.45) is 17.8 Å². The number of benzene rings is 1. The van der Waals surface area contributed by atoms with E-state index in [1.54, 1.807) is 0 Å². The van der Waals surface area contributed by atoms with Crippen molar-refractivity contribution in [2.75, 3.05) is 0 Å². The van der Waals surface area contributed by atoms with Crippen molar-refractivity contribution in [1.29, 1.82) is 0 Å². The van der Waals surface area contributed by atoms with Crippen molar-refractivity contribution in [3.8, 4) is 0 Å². The number of hydrogen-bond acceptors (Lipinski definition) is 1. The predicted molar refractivity (Wildman–Crippen MR) is 72.0 cm³/mol. The number of hydrogen-bond donors (Lipinski definition) is 1. The van der Waals surface area contributed by atoms with E-state index >= 15 is 0 Å². The topological polar surface area (TPSA) is 29.1 Å². The average molecular weight is 243 g/mol. The van der Waals surface area contributed by atoms with E-state index in [1.165, 1.54) is 17.5 Å².